The van der Waals surface area contributed by atoms with Crippen molar-refractivity contribution >= 4 is 40.9 Å². The van der Waals surface area contributed by atoms with Gasteiger partial charge in [0.1, 0.15) is 17.3 Å². The van der Waals surface area contributed by atoms with E-state index in [2.05, 4.69) is 39.4 Å². The fourth-order valence-electron chi connectivity index (χ4n) is 6.81. The van der Waals surface area contributed by atoms with Crippen molar-refractivity contribution in [3.05, 3.63) is 71.0 Å². The van der Waals surface area contributed by atoms with Crippen LogP contribution in [0.5, 0.6) is 5.75 Å². The molecule has 49 heavy (non-hydrogen) atoms. The number of imide groups is 2. The van der Waals surface area contributed by atoms with Gasteiger partial charge in [-0.15, -0.1) is 0 Å². The molecule has 1 aromatic heterocycles. The molecule has 4 aliphatic rings. The van der Waals surface area contributed by atoms with E-state index in [1.54, 1.807) is 35.3 Å². The second-order valence-electron chi connectivity index (χ2n) is 13.6. The first-order valence-electron chi connectivity index (χ1n) is 16.8. The highest BCUT2D eigenvalue weighted by Crippen LogP contribution is 2.36. The summed E-state index contributed by atoms with van der Waals surface area (Å²) in [6, 6.07) is 9.88. The summed E-state index contributed by atoms with van der Waals surface area (Å²) in [7, 11) is 0. The highest BCUT2D eigenvalue weighted by molar-refractivity contribution is 6.23. The quantitative estimate of drug-likeness (QED) is 0.289. The summed E-state index contributed by atoms with van der Waals surface area (Å²) in [5.74, 6) is 5.10. The van der Waals surface area contributed by atoms with Crippen molar-refractivity contribution < 1.29 is 28.7 Å². The van der Waals surface area contributed by atoms with E-state index in [1.165, 1.54) is 0 Å². The topological polar surface area (TPSA) is 143 Å². The second kappa shape index (κ2) is 12.5. The minimum absolute atomic E-state index is 0.0741. The number of hydrogen-bond acceptors (Lipinski definition) is 8. The van der Waals surface area contributed by atoms with Crippen molar-refractivity contribution in [2.24, 2.45) is 5.92 Å². The van der Waals surface area contributed by atoms with Crippen molar-refractivity contribution in [2.45, 2.75) is 77.0 Å². The van der Waals surface area contributed by atoms with Gasteiger partial charge in [0.25, 0.3) is 17.7 Å². The number of amides is 5. The molecule has 2 N–H and O–H groups in total. The minimum atomic E-state index is -0.996. The van der Waals surface area contributed by atoms with E-state index in [9.17, 15) is 24.0 Å². The van der Waals surface area contributed by atoms with E-state index in [-0.39, 0.29) is 41.9 Å². The van der Waals surface area contributed by atoms with Crippen LogP contribution in [0.1, 0.15) is 84.7 Å². The van der Waals surface area contributed by atoms with E-state index >= 15 is 0 Å². The van der Waals surface area contributed by atoms with Crippen molar-refractivity contribution in [3.8, 4) is 17.6 Å². The van der Waals surface area contributed by atoms with Crippen molar-refractivity contribution in [1.29, 1.82) is 0 Å². The van der Waals surface area contributed by atoms with Gasteiger partial charge in [-0.05, 0) is 69.9 Å². The van der Waals surface area contributed by atoms with E-state index in [1.807, 2.05) is 32.0 Å². The molecule has 4 aliphatic heterocycles. The summed E-state index contributed by atoms with van der Waals surface area (Å²) in [6.07, 6.45) is 7.69. The zero-order chi connectivity index (χ0) is 34.4. The number of carbonyl (C=O) groups is 5. The van der Waals surface area contributed by atoms with Crippen LogP contribution in [0.25, 0.3) is 0 Å². The molecular weight excluding hydrogens is 624 g/mol. The van der Waals surface area contributed by atoms with Gasteiger partial charge in [-0.1, -0.05) is 31.3 Å². The molecule has 0 spiro atoms. The fourth-order valence-corrected chi connectivity index (χ4v) is 6.81. The van der Waals surface area contributed by atoms with Gasteiger partial charge in [0.15, 0.2) is 0 Å². The molecule has 2 saturated heterocycles. The Bertz CT molecular complexity index is 1950. The van der Waals surface area contributed by atoms with Gasteiger partial charge >= 0.3 is 0 Å². The third kappa shape index (κ3) is 5.94. The van der Waals surface area contributed by atoms with Gasteiger partial charge in [-0.2, -0.15) is 5.10 Å². The first kappa shape index (κ1) is 32.1. The smallest absolute Gasteiger partial charge is 0.262 e. The molecule has 252 valence electrons. The molecule has 12 heteroatoms. The Morgan fingerprint density at radius 1 is 1.06 bits per heavy atom. The first-order valence-corrected chi connectivity index (χ1v) is 16.8. The van der Waals surface area contributed by atoms with E-state index in [4.69, 9.17) is 4.74 Å². The van der Waals surface area contributed by atoms with Crippen molar-refractivity contribution in [1.82, 2.24) is 20.0 Å². The number of nitrogens with one attached hydrogen (secondary N) is 2. The lowest BCUT2D eigenvalue weighted by molar-refractivity contribution is -0.136. The lowest BCUT2D eigenvalue weighted by Crippen LogP contribution is -2.54. The highest BCUT2D eigenvalue weighted by atomic mass is 16.5. The average Bonchev–Trinajstić information content (AvgIpc) is 3.63. The first-order chi connectivity index (χ1) is 23.5. The Labute approximate surface area is 284 Å². The Morgan fingerprint density at radius 2 is 1.86 bits per heavy atom. The summed E-state index contributed by atoms with van der Waals surface area (Å²) in [4.78, 5) is 66.6. The molecule has 0 bridgehead atoms. The number of piperidine rings is 1. The molecule has 2 aromatic carbocycles. The molecule has 0 radical (unpaired) electrons. The van der Waals surface area contributed by atoms with Crippen LogP contribution in [-0.2, 0) is 26.3 Å². The zero-order valence-corrected chi connectivity index (χ0v) is 27.7. The monoisotopic (exact) mass is 662 g/mol. The largest absolute Gasteiger partial charge is 0.490 e. The van der Waals surface area contributed by atoms with Gasteiger partial charge < -0.3 is 15.0 Å². The van der Waals surface area contributed by atoms with Crippen LogP contribution in [0, 0.1) is 17.8 Å². The minimum Gasteiger partial charge on any atom is -0.490 e. The van der Waals surface area contributed by atoms with Crippen LogP contribution in [0.2, 0.25) is 0 Å². The standard InChI is InChI=1S/C37H38N6O6/c1-4-6-25-12-14-27-29(7-5-8-31(27)49-25)39-36(48)37(2,3)42-21-22(18-38-42)9-10-23-19-41(20-23)24-11-13-26-28(17-24)35(47)43(34(26)46)30-15-16-32(44)40-33(30)45/h5,7-8,11,13,17-18,21,23,25,30H,4,6,12,14-16,19-20H2,1-3H3,(H,39,48)(H,40,44,45). The molecule has 12 nitrogen and oxygen atoms in total. The van der Waals surface area contributed by atoms with Crippen LogP contribution >= 0.6 is 0 Å². The molecule has 5 amide bonds. The summed E-state index contributed by atoms with van der Waals surface area (Å²) < 4.78 is 7.81. The Morgan fingerprint density at radius 3 is 2.63 bits per heavy atom. The molecule has 2 unspecified atom stereocenters. The number of rotatable bonds is 7. The summed E-state index contributed by atoms with van der Waals surface area (Å²) in [5, 5.41) is 9.78. The maximum atomic E-state index is 13.5. The predicted molar refractivity (Wildman–Crippen MR) is 180 cm³/mol. The second-order valence-corrected chi connectivity index (χ2v) is 13.6. The molecule has 2 fully saturated rings. The van der Waals surface area contributed by atoms with Crippen LogP contribution in [0.4, 0.5) is 11.4 Å². The van der Waals surface area contributed by atoms with Gasteiger partial charge in [-0.3, -0.25) is 38.9 Å². The number of carbonyl (C=O) groups excluding carboxylic acids is 5. The summed E-state index contributed by atoms with van der Waals surface area (Å²) in [5.41, 5.74) is 2.80. The fraction of sp³-hybridized carbons (Fsp3) is 0.405. The molecular formula is C37H38N6O6. The maximum Gasteiger partial charge on any atom is 0.262 e. The SMILES string of the molecule is CCCC1CCc2c(NC(=O)C(C)(C)n3cc(C#CC4CN(c5ccc6c(c5)C(=O)N(C5CCC(=O)NC5=O)C6=O)C4)cn3)cccc2O1. The normalized spacial score (nSPS) is 20.5. The van der Waals surface area contributed by atoms with Gasteiger partial charge in [0, 0.05) is 42.6 Å². The lowest BCUT2D eigenvalue weighted by Gasteiger charge is -2.38. The van der Waals surface area contributed by atoms with Crippen LogP contribution in [-0.4, -0.2) is 69.5 Å². The maximum absolute atomic E-state index is 13.5. The number of anilines is 2. The zero-order valence-electron chi connectivity index (χ0n) is 27.7. The molecule has 3 aromatic rings. The molecule has 7 rings (SSSR count). The Kier molecular flexibility index (Phi) is 8.22. The highest BCUT2D eigenvalue weighted by Gasteiger charge is 2.45. The van der Waals surface area contributed by atoms with E-state index in [0.717, 1.165) is 53.3 Å². The number of aromatic nitrogens is 2. The third-order valence-corrected chi connectivity index (χ3v) is 9.80. The number of hydrogen-bond donors (Lipinski definition) is 2. The Balaban J connectivity index is 0.963. The predicted octanol–water partition coefficient (Wildman–Crippen LogP) is 3.64. The molecule has 0 aliphatic carbocycles. The van der Waals surface area contributed by atoms with E-state index in [0.29, 0.717) is 18.7 Å². The van der Waals surface area contributed by atoms with Crippen molar-refractivity contribution in [2.75, 3.05) is 23.3 Å². The van der Waals surface area contributed by atoms with Crippen LogP contribution in [0.3, 0.4) is 0 Å². The van der Waals surface area contributed by atoms with Gasteiger partial charge in [0.2, 0.25) is 11.8 Å². The number of fused-ring (bicyclic) bond motifs is 2. The van der Waals surface area contributed by atoms with Crippen molar-refractivity contribution in [3.63, 3.8) is 0 Å². The molecule has 5 heterocycles. The Hall–Kier alpha value is -5.44. The average molecular weight is 663 g/mol. The summed E-state index contributed by atoms with van der Waals surface area (Å²) >= 11 is 0. The number of benzene rings is 2. The van der Waals surface area contributed by atoms with Gasteiger partial charge in [-0.25, -0.2) is 0 Å². The summed E-state index contributed by atoms with van der Waals surface area (Å²) in [6.45, 7) is 7.06. The van der Waals surface area contributed by atoms with E-state index < -0.39 is 35.2 Å². The van der Waals surface area contributed by atoms with Crippen LogP contribution in [0.15, 0.2) is 48.8 Å². The molecule has 2 atom stereocenters. The third-order valence-electron chi connectivity index (χ3n) is 9.80. The lowest BCUT2D eigenvalue weighted by atomic mass is 9.97. The molecule has 0 saturated carbocycles. The van der Waals surface area contributed by atoms with Gasteiger partial charge in [0.05, 0.1) is 34.9 Å². The van der Waals surface area contributed by atoms with Crippen LogP contribution < -0.4 is 20.3 Å². The number of ether oxygens (including phenoxy) is 1. The number of nitrogens with zero attached hydrogens (tertiary/aromatic N) is 4.